The second-order valence-electron chi connectivity index (χ2n) is 2.39. The topological polar surface area (TPSA) is 64.9 Å². The van der Waals surface area contributed by atoms with Gasteiger partial charge in [-0.3, -0.25) is 0 Å². The Balaban J connectivity index is 0.000000921. The molecule has 4 heteroatoms. The van der Waals surface area contributed by atoms with Gasteiger partial charge in [0.2, 0.25) is 0 Å². The number of nitrogens with one attached hydrogen (secondary N) is 2. The molecule has 0 aromatic heterocycles. The molecule has 2 N–H and O–H groups in total. The van der Waals surface area contributed by atoms with E-state index in [1.165, 1.54) is 0 Å². The molecule has 0 heterocycles. The minimum absolute atomic E-state index is 0.273. The highest BCUT2D eigenvalue weighted by Gasteiger charge is 1.97. The van der Waals surface area contributed by atoms with Crippen molar-refractivity contribution in [1.82, 2.24) is 5.32 Å². The molecule has 0 unspecified atom stereocenters. The minimum Gasteiger partial charge on any atom is -0.341 e. The van der Waals surface area contributed by atoms with Crippen molar-refractivity contribution in [2.45, 2.75) is 13.8 Å². The van der Waals surface area contributed by atoms with Crippen LogP contribution in [-0.4, -0.2) is 13.1 Å². The van der Waals surface area contributed by atoms with Crippen molar-refractivity contribution in [2.75, 3.05) is 12.4 Å². The van der Waals surface area contributed by atoms with Gasteiger partial charge in [-0.15, -0.1) is 0 Å². The van der Waals surface area contributed by atoms with Gasteiger partial charge in [0.25, 0.3) is 0 Å². The van der Waals surface area contributed by atoms with Crippen molar-refractivity contribution < 1.29 is 4.79 Å². The summed E-state index contributed by atoms with van der Waals surface area (Å²) in [7, 11) is 1.54. The van der Waals surface area contributed by atoms with E-state index >= 15 is 0 Å². The average molecular weight is 205 g/mol. The van der Waals surface area contributed by atoms with E-state index < -0.39 is 0 Å². The Morgan fingerprint density at radius 2 is 1.80 bits per heavy atom. The molecule has 4 nitrogen and oxygen atoms in total. The predicted octanol–water partition coefficient (Wildman–Crippen LogP) is 2.34. The van der Waals surface area contributed by atoms with E-state index in [9.17, 15) is 4.79 Å². The van der Waals surface area contributed by atoms with E-state index in [1.807, 2.05) is 19.9 Å². The number of benzene rings is 1. The van der Waals surface area contributed by atoms with Crippen LogP contribution in [0.5, 0.6) is 0 Å². The van der Waals surface area contributed by atoms with Crippen LogP contribution in [0.3, 0.4) is 0 Å². The van der Waals surface area contributed by atoms with Gasteiger partial charge in [0.1, 0.15) is 0 Å². The number of hydrogen-bond acceptors (Lipinski definition) is 2. The standard InChI is InChI=1S/C9H9N3O.C2H6/c1-11-9(13)12-8-4-2-7(6-10)3-5-8;1-2/h2-5H,1H3,(H2,11,12,13);1-2H3. The highest BCUT2D eigenvalue weighted by molar-refractivity contribution is 5.88. The van der Waals surface area contributed by atoms with Gasteiger partial charge in [-0.25, -0.2) is 4.79 Å². The SMILES string of the molecule is CC.CNC(=O)Nc1ccc(C#N)cc1. The van der Waals surface area contributed by atoms with E-state index in [1.54, 1.807) is 31.3 Å². The first kappa shape index (κ1) is 13.0. The second-order valence-corrected chi connectivity index (χ2v) is 2.39. The van der Waals surface area contributed by atoms with E-state index in [0.717, 1.165) is 0 Å². The molecule has 0 aliphatic heterocycles. The Morgan fingerprint density at radius 3 is 2.20 bits per heavy atom. The second kappa shape index (κ2) is 7.39. The number of amides is 2. The Morgan fingerprint density at radius 1 is 1.27 bits per heavy atom. The van der Waals surface area contributed by atoms with Crippen LogP contribution in [-0.2, 0) is 0 Å². The fraction of sp³-hybridized carbons (Fsp3) is 0.273. The van der Waals surface area contributed by atoms with Gasteiger partial charge in [-0.05, 0) is 24.3 Å². The summed E-state index contributed by atoms with van der Waals surface area (Å²) >= 11 is 0. The zero-order valence-electron chi connectivity index (χ0n) is 9.16. The average Bonchev–Trinajstić information content (AvgIpc) is 2.32. The number of hydrogen-bond donors (Lipinski definition) is 2. The third-order valence-electron chi connectivity index (χ3n) is 1.50. The van der Waals surface area contributed by atoms with E-state index in [0.29, 0.717) is 11.3 Å². The number of carbonyl (C=O) groups excluding carboxylic acids is 1. The fourth-order valence-electron chi connectivity index (χ4n) is 0.822. The summed E-state index contributed by atoms with van der Waals surface area (Å²) in [6.45, 7) is 4.00. The molecule has 15 heavy (non-hydrogen) atoms. The quantitative estimate of drug-likeness (QED) is 0.739. The van der Waals surface area contributed by atoms with Crippen LogP contribution >= 0.6 is 0 Å². The number of anilines is 1. The van der Waals surface area contributed by atoms with Crippen molar-refractivity contribution >= 4 is 11.7 Å². The molecular formula is C11H15N3O. The van der Waals surface area contributed by atoms with Crippen LogP contribution < -0.4 is 10.6 Å². The van der Waals surface area contributed by atoms with Crippen LogP contribution in [0, 0.1) is 11.3 Å². The zero-order valence-corrected chi connectivity index (χ0v) is 9.16. The fourth-order valence-corrected chi connectivity index (χ4v) is 0.822. The lowest BCUT2D eigenvalue weighted by atomic mass is 10.2. The normalized spacial score (nSPS) is 7.87. The highest BCUT2D eigenvalue weighted by Crippen LogP contribution is 2.07. The Bertz CT molecular complexity index is 338. The van der Waals surface area contributed by atoms with Crippen LogP contribution in [0.2, 0.25) is 0 Å². The first-order chi connectivity index (χ1) is 7.26. The van der Waals surface area contributed by atoms with Crippen molar-refractivity contribution in [1.29, 1.82) is 5.26 Å². The molecule has 0 fully saturated rings. The van der Waals surface area contributed by atoms with E-state index in [-0.39, 0.29) is 6.03 Å². The first-order valence-electron chi connectivity index (χ1n) is 4.75. The van der Waals surface area contributed by atoms with Crippen molar-refractivity contribution in [3.8, 4) is 6.07 Å². The molecule has 0 aliphatic carbocycles. The van der Waals surface area contributed by atoms with Gasteiger partial charge in [0.05, 0.1) is 11.6 Å². The van der Waals surface area contributed by atoms with Crippen molar-refractivity contribution in [2.24, 2.45) is 0 Å². The number of carbonyl (C=O) groups is 1. The maximum absolute atomic E-state index is 10.8. The molecule has 0 saturated heterocycles. The summed E-state index contributed by atoms with van der Waals surface area (Å²) in [5.74, 6) is 0. The third-order valence-corrected chi connectivity index (χ3v) is 1.50. The monoisotopic (exact) mass is 205 g/mol. The van der Waals surface area contributed by atoms with Gasteiger partial charge in [0.15, 0.2) is 0 Å². The maximum atomic E-state index is 10.8. The largest absolute Gasteiger partial charge is 0.341 e. The van der Waals surface area contributed by atoms with E-state index in [4.69, 9.17) is 5.26 Å². The maximum Gasteiger partial charge on any atom is 0.318 e. The molecule has 1 aromatic carbocycles. The molecule has 0 aliphatic rings. The Kier molecular flexibility index (Phi) is 6.39. The zero-order chi connectivity index (χ0) is 11.7. The summed E-state index contributed by atoms with van der Waals surface area (Å²) in [4.78, 5) is 10.8. The number of urea groups is 1. The molecule has 0 bridgehead atoms. The molecule has 0 spiro atoms. The molecule has 0 saturated carbocycles. The number of nitriles is 1. The molecule has 80 valence electrons. The van der Waals surface area contributed by atoms with Crippen LogP contribution in [0.4, 0.5) is 10.5 Å². The molecule has 2 amide bonds. The summed E-state index contributed by atoms with van der Waals surface area (Å²) < 4.78 is 0. The first-order valence-corrected chi connectivity index (χ1v) is 4.75. The molecule has 0 atom stereocenters. The van der Waals surface area contributed by atoms with Gasteiger partial charge in [-0.2, -0.15) is 5.26 Å². The Hall–Kier alpha value is -2.02. The molecule has 1 aromatic rings. The molecular weight excluding hydrogens is 190 g/mol. The summed E-state index contributed by atoms with van der Waals surface area (Å²) in [6, 6.07) is 8.36. The van der Waals surface area contributed by atoms with E-state index in [2.05, 4.69) is 10.6 Å². The summed E-state index contributed by atoms with van der Waals surface area (Å²) in [6.07, 6.45) is 0. The van der Waals surface area contributed by atoms with Crippen molar-refractivity contribution in [3.63, 3.8) is 0 Å². The van der Waals surface area contributed by atoms with Gasteiger partial charge in [-0.1, -0.05) is 13.8 Å². The lowest BCUT2D eigenvalue weighted by molar-refractivity contribution is 0.254. The summed E-state index contributed by atoms with van der Waals surface area (Å²) in [5.41, 5.74) is 1.24. The van der Waals surface area contributed by atoms with Crippen molar-refractivity contribution in [3.05, 3.63) is 29.8 Å². The van der Waals surface area contributed by atoms with Crippen LogP contribution in [0.25, 0.3) is 0 Å². The van der Waals surface area contributed by atoms with Crippen LogP contribution in [0.15, 0.2) is 24.3 Å². The lowest BCUT2D eigenvalue weighted by Crippen LogP contribution is -2.24. The van der Waals surface area contributed by atoms with Gasteiger partial charge >= 0.3 is 6.03 Å². The smallest absolute Gasteiger partial charge is 0.318 e. The molecule has 1 rings (SSSR count). The lowest BCUT2D eigenvalue weighted by Gasteiger charge is -2.02. The third kappa shape index (κ3) is 4.67. The molecule has 0 radical (unpaired) electrons. The number of nitrogens with zero attached hydrogens (tertiary/aromatic N) is 1. The predicted molar refractivity (Wildman–Crippen MR) is 60.6 cm³/mol. The Labute approximate surface area is 89.9 Å². The summed E-state index contributed by atoms with van der Waals surface area (Å²) in [5, 5.41) is 13.5. The minimum atomic E-state index is -0.273. The highest BCUT2D eigenvalue weighted by atomic mass is 16.2. The van der Waals surface area contributed by atoms with Crippen LogP contribution in [0.1, 0.15) is 19.4 Å². The van der Waals surface area contributed by atoms with Gasteiger partial charge < -0.3 is 10.6 Å². The van der Waals surface area contributed by atoms with Gasteiger partial charge in [0, 0.05) is 12.7 Å². The number of rotatable bonds is 1.